The number of aromatic nitrogens is 3. The van der Waals surface area contributed by atoms with Crippen molar-refractivity contribution in [3.8, 4) is 0 Å². The molecule has 10 heteroatoms. The molecule has 9 nitrogen and oxygen atoms in total. The zero-order chi connectivity index (χ0) is 22.1. The Morgan fingerprint density at radius 1 is 1.12 bits per heavy atom. The molecule has 0 unspecified atom stereocenters. The SMILES string of the molecule is O=C(CCCn1c(=O)oc2ccccc21)N1CCN(Cc2cc(=O)n3ccsc3n2)CC1. The van der Waals surface area contributed by atoms with Gasteiger partial charge in [0, 0.05) is 63.3 Å². The molecular formula is C22H23N5O4S. The van der Waals surface area contributed by atoms with Crippen LogP contribution in [0.1, 0.15) is 18.5 Å². The lowest BCUT2D eigenvalue weighted by Crippen LogP contribution is -2.48. The molecule has 0 bridgehead atoms. The second kappa shape index (κ2) is 8.71. The Kier molecular flexibility index (Phi) is 5.62. The van der Waals surface area contributed by atoms with E-state index in [2.05, 4.69) is 9.88 Å². The van der Waals surface area contributed by atoms with Gasteiger partial charge in [-0.15, -0.1) is 11.3 Å². The fourth-order valence-corrected chi connectivity index (χ4v) is 4.86. The van der Waals surface area contributed by atoms with E-state index in [1.54, 1.807) is 27.3 Å². The van der Waals surface area contributed by atoms with Gasteiger partial charge in [-0.05, 0) is 18.6 Å². The van der Waals surface area contributed by atoms with Crippen LogP contribution in [0.5, 0.6) is 0 Å². The summed E-state index contributed by atoms with van der Waals surface area (Å²) in [6.07, 6.45) is 2.70. The van der Waals surface area contributed by atoms with Crippen LogP contribution in [0, 0.1) is 0 Å². The minimum Gasteiger partial charge on any atom is -0.408 e. The number of thiazole rings is 1. The summed E-state index contributed by atoms with van der Waals surface area (Å²) in [5, 5.41) is 1.85. The van der Waals surface area contributed by atoms with Crippen LogP contribution >= 0.6 is 11.3 Å². The van der Waals surface area contributed by atoms with Crippen LogP contribution in [0.2, 0.25) is 0 Å². The molecule has 3 aromatic heterocycles. The Labute approximate surface area is 187 Å². The molecule has 5 rings (SSSR count). The number of benzene rings is 1. The van der Waals surface area contributed by atoms with Gasteiger partial charge in [-0.25, -0.2) is 9.78 Å². The Hall–Kier alpha value is -3.24. The summed E-state index contributed by atoms with van der Waals surface area (Å²) >= 11 is 1.44. The number of fused-ring (bicyclic) bond motifs is 2. The number of carbonyl (C=O) groups excluding carboxylic acids is 1. The van der Waals surface area contributed by atoms with Crippen LogP contribution in [-0.2, 0) is 17.9 Å². The van der Waals surface area contributed by atoms with Gasteiger partial charge in [0.25, 0.3) is 5.56 Å². The zero-order valence-electron chi connectivity index (χ0n) is 17.5. The van der Waals surface area contributed by atoms with E-state index in [1.165, 1.54) is 11.3 Å². The second-order valence-electron chi connectivity index (χ2n) is 7.89. The maximum absolute atomic E-state index is 12.6. The van der Waals surface area contributed by atoms with Crippen LogP contribution in [0.4, 0.5) is 0 Å². The first-order valence-corrected chi connectivity index (χ1v) is 11.5. The molecule has 0 saturated carbocycles. The summed E-state index contributed by atoms with van der Waals surface area (Å²) in [6, 6.07) is 8.89. The molecule has 1 aliphatic rings. The van der Waals surface area contributed by atoms with Gasteiger partial charge in [0.1, 0.15) is 0 Å². The Morgan fingerprint density at radius 2 is 1.94 bits per heavy atom. The van der Waals surface area contributed by atoms with Gasteiger partial charge < -0.3 is 9.32 Å². The van der Waals surface area contributed by atoms with Crippen molar-refractivity contribution >= 4 is 33.3 Å². The number of oxazole rings is 1. The maximum atomic E-state index is 12.6. The molecule has 0 aliphatic carbocycles. The van der Waals surface area contributed by atoms with E-state index in [1.807, 2.05) is 28.5 Å². The first-order valence-electron chi connectivity index (χ1n) is 10.6. The highest BCUT2D eigenvalue weighted by molar-refractivity contribution is 7.15. The first kappa shape index (κ1) is 20.7. The average molecular weight is 454 g/mol. The van der Waals surface area contributed by atoms with Crippen molar-refractivity contribution in [1.82, 2.24) is 23.8 Å². The quantitative estimate of drug-likeness (QED) is 0.442. The van der Waals surface area contributed by atoms with E-state index < -0.39 is 0 Å². The predicted molar refractivity (Wildman–Crippen MR) is 121 cm³/mol. The maximum Gasteiger partial charge on any atom is 0.419 e. The normalized spacial score (nSPS) is 15.1. The molecule has 1 saturated heterocycles. The fourth-order valence-electron chi connectivity index (χ4n) is 4.13. The third-order valence-electron chi connectivity index (χ3n) is 5.81. The van der Waals surface area contributed by atoms with Crippen LogP contribution < -0.4 is 11.3 Å². The van der Waals surface area contributed by atoms with E-state index >= 15 is 0 Å². The van der Waals surface area contributed by atoms with Crippen molar-refractivity contribution in [2.45, 2.75) is 25.9 Å². The average Bonchev–Trinajstić information content (AvgIpc) is 3.39. The molecule has 0 N–H and O–H groups in total. The predicted octanol–water partition coefficient (Wildman–Crippen LogP) is 1.79. The Bertz CT molecular complexity index is 1380. The molecule has 0 atom stereocenters. The topological polar surface area (TPSA) is 93.1 Å². The van der Waals surface area contributed by atoms with E-state index in [0.717, 1.165) is 24.3 Å². The highest BCUT2D eigenvalue weighted by Crippen LogP contribution is 2.14. The lowest BCUT2D eigenvalue weighted by Gasteiger charge is -2.34. The number of nitrogens with zero attached hydrogens (tertiary/aromatic N) is 5. The largest absolute Gasteiger partial charge is 0.419 e. The lowest BCUT2D eigenvalue weighted by atomic mass is 10.2. The number of para-hydroxylation sites is 2. The van der Waals surface area contributed by atoms with Gasteiger partial charge >= 0.3 is 5.76 Å². The molecule has 166 valence electrons. The van der Waals surface area contributed by atoms with Crippen LogP contribution in [0.15, 0.2) is 55.9 Å². The highest BCUT2D eigenvalue weighted by Gasteiger charge is 2.21. The summed E-state index contributed by atoms with van der Waals surface area (Å²) in [6.45, 7) is 3.82. The monoisotopic (exact) mass is 453 g/mol. The molecule has 1 aliphatic heterocycles. The van der Waals surface area contributed by atoms with Gasteiger partial charge in [-0.1, -0.05) is 12.1 Å². The zero-order valence-corrected chi connectivity index (χ0v) is 18.3. The van der Waals surface area contributed by atoms with Crippen LogP contribution in [-0.4, -0.2) is 55.8 Å². The standard InChI is InChI=1S/C22H23N5O4S/c28-19(6-3-7-26-17-4-1-2-5-18(17)31-22(26)30)25-10-8-24(9-11-25)15-16-14-20(29)27-12-13-32-21(27)23-16/h1-2,4-5,12-14H,3,6-11,15H2. The van der Waals surface area contributed by atoms with E-state index in [0.29, 0.717) is 49.6 Å². The molecule has 32 heavy (non-hydrogen) atoms. The summed E-state index contributed by atoms with van der Waals surface area (Å²) in [4.78, 5) is 46.2. The van der Waals surface area contributed by atoms with Crippen molar-refractivity contribution in [3.63, 3.8) is 0 Å². The van der Waals surface area contributed by atoms with Crippen LogP contribution in [0.25, 0.3) is 16.1 Å². The van der Waals surface area contributed by atoms with Crippen molar-refractivity contribution in [1.29, 1.82) is 0 Å². The van der Waals surface area contributed by atoms with E-state index in [-0.39, 0.29) is 17.2 Å². The van der Waals surface area contributed by atoms with Gasteiger partial charge in [0.05, 0.1) is 11.2 Å². The molecule has 0 radical (unpaired) electrons. The summed E-state index contributed by atoms with van der Waals surface area (Å²) < 4.78 is 8.37. The summed E-state index contributed by atoms with van der Waals surface area (Å²) in [5.74, 6) is -0.289. The van der Waals surface area contributed by atoms with Gasteiger partial charge in [0.15, 0.2) is 10.5 Å². The molecular weight excluding hydrogens is 430 g/mol. The minimum absolute atomic E-state index is 0.0652. The molecule has 4 heterocycles. The van der Waals surface area contributed by atoms with Crippen molar-refractivity contribution in [2.75, 3.05) is 26.2 Å². The molecule has 1 aromatic carbocycles. The van der Waals surface area contributed by atoms with Crippen LogP contribution in [0.3, 0.4) is 0 Å². The van der Waals surface area contributed by atoms with Crippen molar-refractivity contribution in [3.05, 3.63) is 68.5 Å². The molecule has 0 spiro atoms. The van der Waals surface area contributed by atoms with Gasteiger partial charge in [-0.3, -0.25) is 23.5 Å². The number of aryl methyl sites for hydroxylation is 1. The van der Waals surface area contributed by atoms with Crippen molar-refractivity contribution < 1.29 is 9.21 Å². The third-order valence-corrected chi connectivity index (χ3v) is 6.57. The number of hydrogen-bond donors (Lipinski definition) is 0. The van der Waals surface area contributed by atoms with Gasteiger partial charge in [-0.2, -0.15) is 0 Å². The van der Waals surface area contributed by atoms with Gasteiger partial charge in [0.2, 0.25) is 5.91 Å². The molecule has 1 amide bonds. The lowest BCUT2D eigenvalue weighted by molar-refractivity contribution is -0.133. The highest BCUT2D eigenvalue weighted by atomic mass is 32.1. The summed E-state index contributed by atoms with van der Waals surface area (Å²) in [5.41, 5.74) is 2.02. The number of piperazine rings is 1. The molecule has 1 fully saturated rings. The number of amides is 1. The fraction of sp³-hybridized carbons (Fsp3) is 0.364. The number of carbonyl (C=O) groups is 1. The second-order valence-corrected chi connectivity index (χ2v) is 8.76. The summed E-state index contributed by atoms with van der Waals surface area (Å²) in [7, 11) is 0. The Balaban J connectivity index is 1.12. The minimum atomic E-state index is -0.388. The third kappa shape index (κ3) is 4.11. The number of rotatable bonds is 6. The van der Waals surface area contributed by atoms with E-state index in [9.17, 15) is 14.4 Å². The Morgan fingerprint density at radius 3 is 2.78 bits per heavy atom. The van der Waals surface area contributed by atoms with Crippen molar-refractivity contribution in [2.24, 2.45) is 0 Å². The smallest absolute Gasteiger partial charge is 0.408 e. The molecule has 4 aromatic rings. The van der Waals surface area contributed by atoms with E-state index in [4.69, 9.17) is 4.42 Å². The first-order chi connectivity index (χ1) is 15.6. The number of hydrogen-bond acceptors (Lipinski definition) is 7.